The van der Waals surface area contributed by atoms with E-state index in [1.54, 1.807) is 23.2 Å². The summed E-state index contributed by atoms with van der Waals surface area (Å²) in [5, 5.41) is 2.68. The zero-order valence-corrected chi connectivity index (χ0v) is 20.9. The maximum atomic E-state index is 12.9. The van der Waals surface area contributed by atoms with Gasteiger partial charge in [-0.2, -0.15) is 0 Å². The van der Waals surface area contributed by atoms with Gasteiger partial charge in [0.2, 0.25) is 5.91 Å². The Balaban J connectivity index is 1.95. The molecular weight excluding hydrogens is 442 g/mol. The van der Waals surface area contributed by atoms with Crippen LogP contribution in [0.1, 0.15) is 31.4 Å². The first-order chi connectivity index (χ1) is 15.2. The van der Waals surface area contributed by atoms with Crippen LogP contribution in [0.2, 0.25) is 0 Å². The number of nitrogens with one attached hydrogen (secondary N) is 1. The molecule has 6 nitrogen and oxygen atoms in total. The average molecular weight is 476 g/mol. The lowest BCUT2D eigenvalue weighted by molar-refractivity contribution is -0.145. The third-order valence-corrected chi connectivity index (χ3v) is 7.24. The number of ether oxygens (including phenoxy) is 1. The van der Waals surface area contributed by atoms with Crippen LogP contribution in [0, 0.1) is 0 Å². The summed E-state index contributed by atoms with van der Waals surface area (Å²) in [4.78, 5) is 31.6. The van der Waals surface area contributed by atoms with E-state index in [1.165, 1.54) is 10.8 Å². The SMILES string of the molecule is CN(C)CCSSC(CC(C)(C)NC(=O)Cc1cccnc1)C(=O)OCc1ccccc1. The van der Waals surface area contributed by atoms with Gasteiger partial charge >= 0.3 is 5.97 Å². The van der Waals surface area contributed by atoms with Crippen molar-refractivity contribution in [2.45, 2.75) is 44.1 Å². The highest BCUT2D eigenvalue weighted by Gasteiger charge is 2.31. The standard InChI is InChI=1S/C24H33N3O3S2/c1-24(2,26-22(28)15-20-11-8-12-25-17-20)16-21(32-31-14-13-27(3)4)23(29)30-18-19-9-6-5-7-10-19/h5-12,17,21H,13-16,18H2,1-4H3,(H,26,28). The van der Waals surface area contributed by atoms with E-state index in [1.807, 2.05) is 70.4 Å². The number of hydrogen-bond acceptors (Lipinski definition) is 7. The van der Waals surface area contributed by atoms with Crippen LogP contribution in [0.4, 0.5) is 0 Å². The number of nitrogens with zero attached hydrogens (tertiary/aromatic N) is 2. The number of carbonyl (C=O) groups excluding carboxylic acids is 2. The lowest BCUT2D eigenvalue weighted by atomic mass is 9.97. The third-order valence-electron chi connectivity index (χ3n) is 4.55. The highest BCUT2D eigenvalue weighted by atomic mass is 33.1. The molecular formula is C24H33N3O3S2. The summed E-state index contributed by atoms with van der Waals surface area (Å²) >= 11 is 0. The second-order valence-corrected chi connectivity index (χ2v) is 11.2. The minimum atomic E-state index is -0.565. The molecule has 0 aliphatic carbocycles. The molecule has 2 rings (SSSR count). The number of pyridine rings is 1. The first-order valence-corrected chi connectivity index (χ1v) is 13.0. The zero-order valence-electron chi connectivity index (χ0n) is 19.2. The van der Waals surface area contributed by atoms with Crippen molar-refractivity contribution < 1.29 is 14.3 Å². The molecule has 0 saturated carbocycles. The minimum Gasteiger partial charge on any atom is -0.460 e. The lowest BCUT2D eigenvalue weighted by Gasteiger charge is -2.29. The molecule has 0 aliphatic heterocycles. The monoisotopic (exact) mass is 475 g/mol. The van der Waals surface area contributed by atoms with Gasteiger partial charge in [-0.3, -0.25) is 14.6 Å². The molecule has 0 saturated heterocycles. The number of aromatic nitrogens is 1. The Morgan fingerprint density at radius 2 is 1.84 bits per heavy atom. The molecule has 0 aliphatic rings. The summed E-state index contributed by atoms with van der Waals surface area (Å²) in [6, 6.07) is 13.3. The van der Waals surface area contributed by atoms with E-state index < -0.39 is 5.54 Å². The van der Waals surface area contributed by atoms with Gasteiger partial charge in [0.25, 0.3) is 0 Å². The second-order valence-electron chi connectivity index (χ2n) is 8.48. The van der Waals surface area contributed by atoms with Crippen molar-refractivity contribution in [3.8, 4) is 0 Å². The van der Waals surface area contributed by atoms with Crippen molar-refractivity contribution in [1.82, 2.24) is 15.2 Å². The Hall–Kier alpha value is -2.03. The van der Waals surface area contributed by atoms with E-state index >= 15 is 0 Å². The number of esters is 1. The first-order valence-electron chi connectivity index (χ1n) is 10.6. The predicted octanol–water partition coefficient (Wildman–Crippen LogP) is 3.96. The van der Waals surface area contributed by atoms with Crippen molar-refractivity contribution in [3.05, 3.63) is 66.0 Å². The Bertz CT molecular complexity index is 833. The molecule has 32 heavy (non-hydrogen) atoms. The van der Waals surface area contributed by atoms with Gasteiger partial charge in [0.15, 0.2) is 0 Å². The molecule has 1 atom stereocenters. The van der Waals surface area contributed by atoms with E-state index in [4.69, 9.17) is 4.74 Å². The van der Waals surface area contributed by atoms with Crippen molar-refractivity contribution in [1.29, 1.82) is 0 Å². The van der Waals surface area contributed by atoms with E-state index in [0.717, 1.165) is 23.4 Å². The van der Waals surface area contributed by atoms with Crippen LogP contribution < -0.4 is 5.32 Å². The van der Waals surface area contributed by atoms with Gasteiger partial charge in [-0.05, 0) is 51.6 Å². The van der Waals surface area contributed by atoms with E-state index in [9.17, 15) is 9.59 Å². The first kappa shape index (κ1) is 26.2. The van der Waals surface area contributed by atoms with E-state index in [0.29, 0.717) is 6.42 Å². The van der Waals surface area contributed by atoms with Gasteiger partial charge in [0.1, 0.15) is 11.9 Å². The maximum Gasteiger partial charge on any atom is 0.320 e. The number of rotatable bonds is 13. The van der Waals surface area contributed by atoms with Crippen molar-refractivity contribution in [2.75, 3.05) is 26.4 Å². The molecule has 1 aromatic heterocycles. The number of amides is 1. The third kappa shape index (κ3) is 10.5. The highest BCUT2D eigenvalue weighted by Crippen LogP contribution is 2.33. The summed E-state index contributed by atoms with van der Waals surface area (Å²) in [5.74, 6) is 0.545. The number of hydrogen-bond donors (Lipinski definition) is 1. The minimum absolute atomic E-state index is 0.0929. The molecule has 0 radical (unpaired) electrons. The molecule has 1 N–H and O–H groups in total. The molecule has 0 bridgehead atoms. The second kappa shape index (κ2) is 13.5. The van der Waals surface area contributed by atoms with E-state index in [-0.39, 0.29) is 30.2 Å². The van der Waals surface area contributed by atoms with Crippen LogP contribution in [-0.4, -0.2) is 58.9 Å². The van der Waals surface area contributed by atoms with Gasteiger partial charge in [0, 0.05) is 30.2 Å². The lowest BCUT2D eigenvalue weighted by Crippen LogP contribution is -2.47. The van der Waals surface area contributed by atoms with Crippen molar-refractivity contribution in [3.63, 3.8) is 0 Å². The highest BCUT2D eigenvalue weighted by molar-refractivity contribution is 8.77. The van der Waals surface area contributed by atoms with Crippen molar-refractivity contribution >= 4 is 33.5 Å². The topological polar surface area (TPSA) is 71.5 Å². The fourth-order valence-electron chi connectivity index (χ4n) is 2.95. The molecule has 174 valence electrons. The number of benzene rings is 1. The Morgan fingerprint density at radius 3 is 2.50 bits per heavy atom. The fraction of sp³-hybridized carbons (Fsp3) is 0.458. The van der Waals surface area contributed by atoms with Crippen LogP contribution in [0.15, 0.2) is 54.9 Å². The van der Waals surface area contributed by atoms with Crippen LogP contribution in [-0.2, 0) is 27.4 Å². The Morgan fingerprint density at radius 1 is 1.12 bits per heavy atom. The Labute approximate surface area is 199 Å². The van der Waals surface area contributed by atoms with Gasteiger partial charge in [-0.1, -0.05) is 58.0 Å². The van der Waals surface area contributed by atoms with Crippen LogP contribution in [0.5, 0.6) is 0 Å². The summed E-state index contributed by atoms with van der Waals surface area (Å²) in [6.07, 6.45) is 4.10. The molecule has 0 fully saturated rings. The van der Waals surface area contributed by atoms with Crippen LogP contribution >= 0.6 is 21.6 Å². The Kier molecular flexibility index (Phi) is 11.1. The van der Waals surface area contributed by atoms with E-state index in [2.05, 4.69) is 15.2 Å². The van der Waals surface area contributed by atoms with Crippen LogP contribution in [0.25, 0.3) is 0 Å². The molecule has 1 aromatic carbocycles. The van der Waals surface area contributed by atoms with Gasteiger partial charge < -0.3 is 15.0 Å². The zero-order chi connectivity index (χ0) is 23.4. The largest absolute Gasteiger partial charge is 0.460 e. The van der Waals surface area contributed by atoms with Crippen LogP contribution in [0.3, 0.4) is 0 Å². The van der Waals surface area contributed by atoms with Gasteiger partial charge in [0.05, 0.1) is 6.42 Å². The summed E-state index contributed by atoms with van der Waals surface area (Å²) in [7, 11) is 7.23. The summed E-state index contributed by atoms with van der Waals surface area (Å²) in [6.45, 7) is 5.05. The van der Waals surface area contributed by atoms with Crippen molar-refractivity contribution in [2.24, 2.45) is 0 Å². The molecule has 1 amide bonds. The van der Waals surface area contributed by atoms with Gasteiger partial charge in [-0.15, -0.1) is 0 Å². The fourth-order valence-corrected chi connectivity index (χ4v) is 5.73. The molecule has 1 heterocycles. The predicted molar refractivity (Wildman–Crippen MR) is 133 cm³/mol. The summed E-state index contributed by atoms with van der Waals surface area (Å²) in [5.41, 5.74) is 1.24. The normalized spacial score (nSPS) is 12.4. The smallest absolute Gasteiger partial charge is 0.320 e. The molecule has 8 heteroatoms. The average Bonchev–Trinajstić information content (AvgIpc) is 2.75. The summed E-state index contributed by atoms with van der Waals surface area (Å²) < 4.78 is 5.61. The quantitative estimate of drug-likeness (QED) is 0.267. The maximum absolute atomic E-state index is 12.9. The van der Waals surface area contributed by atoms with Gasteiger partial charge in [-0.25, -0.2) is 0 Å². The molecule has 0 spiro atoms. The molecule has 1 unspecified atom stereocenters. The number of carbonyl (C=O) groups is 2. The molecule has 2 aromatic rings.